The molecule has 2 N–H and O–H groups in total. The minimum atomic E-state index is -0.205. The maximum atomic E-state index is 9.46. The molecule has 0 heterocycles. The van der Waals surface area contributed by atoms with E-state index in [0.717, 1.165) is 19.3 Å². The van der Waals surface area contributed by atoms with Crippen LogP contribution in [-0.2, 0) is 6.42 Å². The second kappa shape index (κ2) is 6.57. The lowest BCUT2D eigenvalue weighted by molar-refractivity contribution is 0.162. The van der Waals surface area contributed by atoms with Gasteiger partial charge in [0.2, 0.25) is 0 Å². The molecule has 0 amide bonds. The Morgan fingerprint density at radius 2 is 2.00 bits per heavy atom. The van der Waals surface area contributed by atoms with Crippen LogP contribution in [0.2, 0.25) is 0 Å². The van der Waals surface area contributed by atoms with E-state index in [4.69, 9.17) is 0 Å². The molecule has 0 bridgehead atoms. The molecule has 14 heavy (non-hydrogen) atoms. The van der Waals surface area contributed by atoms with Crippen LogP contribution in [0.15, 0.2) is 30.3 Å². The van der Waals surface area contributed by atoms with Crippen molar-refractivity contribution in [2.45, 2.75) is 25.4 Å². The van der Waals surface area contributed by atoms with Crippen molar-refractivity contribution >= 4 is 0 Å². The number of likely N-dealkylation sites (N-methyl/N-ethyl adjacent to an activating group) is 1. The fourth-order valence-corrected chi connectivity index (χ4v) is 1.52. The van der Waals surface area contributed by atoms with Crippen molar-refractivity contribution in [3.63, 3.8) is 0 Å². The van der Waals surface area contributed by atoms with Crippen LogP contribution in [-0.4, -0.2) is 24.8 Å². The molecule has 0 spiro atoms. The lowest BCUT2D eigenvalue weighted by Gasteiger charge is -2.09. The number of rotatable bonds is 6. The average Bonchev–Trinajstić information content (AvgIpc) is 2.20. The third-order valence-electron chi connectivity index (χ3n) is 2.29. The zero-order chi connectivity index (χ0) is 10.2. The fourth-order valence-electron chi connectivity index (χ4n) is 1.52. The minimum Gasteiger partial charge on any atom is -0.392 e. The lowest BCUT2D eigenvalue weighted by Crippen LogP contribution is -2.23. The van der Waals surface area contributed by atoms with E-state index in [-0.39, 0.29) is 6.10 Å². The van der Waals surface area contributed by atoms with Crippen molar-refractivity contribution in [3.05, 3.63) is 35.9 Å². The Bertz CT molecular complexity index is 235. The molecule has 0 fully saturated rings. The first-order chi connectivity index (χ1) is 6.83. The second-order valence-corrected chi connectivity index (χ2v) is 3.59. The summed E-state index contributed by atoms with van der Waals surface area (Å²) in [6.45, 7) is 0.689. The van der Waals surface area contributed by atoms with Gasteiger partial charge in [-0.25, -0.2) is 0 Å². The fraction of sp³-hybridized carbons (Fsp3) is 0.500. The highest BCUT2D eigenvalue weighted by molar-refractivity contribution is 5.14. The van der Waals surface area contributed by atoms with E-state index in [2.05, 4.69) is 29.6 Å². The van der Waals surface area contributed by atoms with Crippen LogP contribution in [0.25, 0.3) is 0 Å². The number of aliphatic hydroxyl groups excluding tert-OH is 1. The first-order valence-corrected chi connectivity index (χ1v) is 5.19. The number of aliphatic hydroxyl groups is 1. The molecule has 1 aromatic rings. The summed E-state index contributed by atoms with van der Waals surface area (Å²) in [6.07, 6.45) is 2.77. The van der Waals surface area contributed by atoms with Crippen molar-refractivity contribution in [3.8, 4) is 0 Å². The third-order valence-corrected chi connectivity index (χ3v) is 2.29. The van der Waals surface area contributed by atoms with Gasteiger partial charge < -0.3 is 10.4 Å². The molecule has 1 rings (SSSR count). The molecule has 78 valence electrons. The predicted molar refractivity (Wildman–Crippen MR) is 59.3 cm³/mol. The van der Waals surface area contributed by atoms with Crippen LogP contribution < -0.4 is 5.32 Å². The van der Waals surface area contributed by atoms with Gasteiger partial charge >= 0.3 is 0 Å². The standard InChI is InChI=1S/C12H19NO/c1-13-10-12(14)9-5-8-11-6-3-2-4-7-11/h2-4,6-7,12-14H,5,8-10H2,1H3. The lowest BCUT2D eigenvalue weighted by atomic mass is 10.1. The molecule has 1 atom stereocenters. The van der Waals surface area contributed by atoms with Crippen molar-refractivity contribution in [2.24, 2.45) is 0 Å². The first kappa shape index (κ1) is 11.2. The van der Waals surface area contributed by atoms with Crippen molar-refractivity contribution < 1.29 is 5.11 Å². The van der Waals surface area contributed by atoms with E-state index in [0.29, 0.717) is 6.54 Å². The van der Waals surface area contributed by atoms with E-state index in [1.807, 2.05) is 13.1 Å². The van der Waals surface area contributed by atoms with Crippen LogP contribution in [0.1, 0.15) is 18.4 Å². The van der Waals surface area contributed by atoms with Crippen molar-refractivity contribution in [1.82, 2.24) is 5.32 Å². The summed E-state index contributed by atoms with van der Waals surface area (Å²) in [5, 5.41) is 12.4. The van der Waals surface area contributed by atoms with Gasteiger partial charge in [0.15, 0.2) is 0 Å². The molecule has 2 nitrogen and oxygen atoms in total. The van der Waals surface area contributed by atoms with Gasteiger partial charge in [-0.1, -0.05) is 30.3 Å². The highest BCUT2D eigenvalue weighted by Gasteiger charge is 2.01. The summed E-state index contributed by atoms with van der Waals surface area (Å²) in [6, 6.07) is 10.4. The Labute approximate surface area is 86.0 Å². The van der Waals surface area contributed by atoms with Gasteiger partial charge in [-0.05, 0) is 31.9 Å². The van der Waals surface area contributed by atoms with Gasteiger partial charge in [-0.2, -0.15) is 0 Å². The van der Waals surface area contributed by atoms with E-state index < -0.39 is 0 Å². The van der Waals surface area contributed by atoms with E-state index in [9.17, 15) is 5.11 Å². The molecule has 0 radical (unpaired) electrons. The number of hydrogen-bond acceptors (Lipinski definition) is 2. The van der Waals surface area contributed by atoms with Gasteiger partial charge in [0, 0.05) is 6.54 Å². The summed E-state index contributed by atoms with van der Waals surface area (Å²) >= 11 is 0. The summed E-state index contributed by atoms with van der Waals surface area (Å²) in [5.41, 5.74) is 1.35. The second-order valence-electron chi connectivity index (χ2n) is 3.59. The maximum Gasteiger partial charge on any atom is 0.0664 e. The van der Waals surface area contributed by atoms with E-state index in [1.165, 1.54) is 5.56 Å². The molecule has 0 aliphatic heterocycles. The van der Waals surface area contributed by atoms with Crippen molar-refractivity contribution in [2.75, 3.05) is 13.6 Å². The Kier molecular flexibility index (Phi) is 5.27. The Hall–Kier alpha value is -0.860. The summed E-state index contributed by atoms with van der Waals surface area (Å²) in [7, 11) is 1.86. The zero-order valence-electron chi connectivity index (χ0n) is 8.74. The molecular formula is C12H19NO. The molecule has 0 aliphatic rings. The quantitative estimate of drug-likeness (QED) is 0.719. The van der Waals surface area contributed by atoms with Gasteiger partial charge in [0.1, 0.15) is 0 Å². The molecule has 0 saturated carbocycles. The monoisotopic (exact) mass is 193 g/mol. The number of nitrogens with one attached hydrogen (secondary N) is 1. The molecule has 0 aromatic heterocycles. The van der Waals surface area contributed by atoms with Crippen LogP contribution in [0.3, 0.4) is 0 Å². The summed E-state index contributed by atoms with van der Waals surface area (Å²) in [5.74, 6) is 0. The van der Waals surface area contributed by atoms with Crippen molar-refractivity contribution in [1.29, 1.82) is 0 Å². The third kappa shape index (κ3) is 4.40. The first-order valence-electron chi connectivity index (χ1n) is 5.19. The van der Waals surface area contributed by atoms with Gasteiger partial charge in [0.05, 0.1) is 6.10 Å². The number of benzene rings is 1. The van der Waals surface area contributed by atoms with Gasteiger partial charge in [-0.15, -0.1) is 0 Å². The SMILES string of the molecule is CNCC(O)CCCc1ccccc1. The Morgan fingerprint density at radius 1 is 1.29 bits per heavy atom. The maximum absolute atomic E-state index is 9.46. The predicted octanol–water partition coefficient (Wildman–Crippen LogP) is 1.59. The largest absolute Gasteiger partial charge is 0.392 e. The normalized spacial score (nSPS) is 12.7. The molecule has 1 aromatic carbocycles. The van der Waals surface area contributed by atoms with Crippen LogP contribution in [0, 0.1) is 0 Å². The van der Waals surface area contributed by atoms with E-state index >= 15 is 0 Å². The van der Waals surface area contributed by atoms with Gasteiger partial charge in [-0.3, -0.25) is 0 Å². The summed E-state index contributed by atoms with van der Waals surface area (Å²) < 4.78 is 0. The number of aryl methyl sites for hydroxylation is 1. The van der Waals surface area contributed by atoms with Crippen LogP contribution >= 0.6 is 0 Å². The highest BCUT2D eigenvalue weighted by atomic mass is 16.3. The molecule has 1 unspecified atom stereocenters. The zero-order valence-corrected chi connectivity index (χ0v) is 8.74. The molecule has 0 aliphatic carbocycles. The summed E-state index contributed by atoms with van der Waals surface area (Å²) in [4.78, 5) is 0. The average molecular weight is 193 g/mol. The van der Waals surface area contributed by atoms with E-state index in [1.54, 1.807) is 0 Å². The van der Waals surface area contributed by atoms with Crippen LogP contribution in [0.5, 0.6) is 0 Å². The topological polar surface area (TPSA) is 32.3 Å². The minimum absolute atomic E-state index is 0.205. The highest BCUT2D eigenvalue weighted by Crippen LogP contribution is 2.05. The Morgan fingerprint density at radius 3 is 2.64 bits per heavy atom. The molecule has 2 heteroatoms. The molecular weight excluding hydrogens is 174 g/mol. The number of hydrogen-bond donors (Lipinski definition) is 2. The van der Waals surface area contributed by atoms with Crippen LogP contribution in [0.4, 0.5) is 0 Å². The van der Waals surface area contributed by atoms with Gasteiger partial charge in [0.25, 0.3) is 0 Å². The molecule has 0 saturated heterocycles. The Balaban J connectivity index is 2.16. The smallest absolute Gasteiger partial charge is 0.0664 e.